The molecule has 0 aliphatic rings. The van der Waals surface area contributed by atoms with E-state index in [1.807, 2.05) is 33.2 Å². The Bertz CT molecular complexity index is 875. The van der Waals surface area contributed by atoms with Crippen LogP contribution in [-0.4, -0.2) is 44.5 Å². The van der Waals surface area contributed by atoms with Crippen LogP contribution in [0.25, 0.3) is 0 Å². The van der Waals surface area contributed by atoms with Gasteiger partial charge in [0.25, 0.3) is 5.91 Å². The first-order valence-electron chi connectivity index (χ1n) is 8.98. The first kappa shape index (κ1) is 21.2. The van der Waals surface area contributed by atoms with Crippen LogP contribution >= 0.6 is 0 Å². The van der Waals surface area contributed by atoms with Gasteiger partial charge in [0.1, 0.15) is 5.75 Å². The van der Waals surface area contributed by atoms with Gasteiger partial charge in [-0.2, -0.15) is 0 Å². The van der Waals surface area contributed by atoms with E-state index in [9.17, 15) is 9.59 Å². The van der Waals surface area contributed by atoms with E-state index in [1.165, 1.54) is 0 Å². The summed E-state index contributed by atoms with van der Waals surface area (Å²) in [4.78, 5) is 26.5. The third-order valence-electron chi connectivity index (χ3n) is 4.14. The molecule has 0 aromatic heterocycles. The normalized spacial score (nSPS) is 10.5. The number of hydrogen-bond acceptors (Lipinski definition) is 4. The number of methoxy groups -OCH3 is 1. The molecule has 0 spiro atoms. The lowest BCUT2D eigenvalue weighted by atomic mass is 10.1. The average molecular weight is 381 g/mol. The number of carbonyl (C=O) groups excluding carboxylic acids is 2. The van der Waals surface area contributed by atoms with E-state index in [0.29, 0.717) is 23.4 Å². The van der Waals surface area contributed by atoms with E-state index in [0.717, 1.165) is 16.9 Å². The fourth-order valence-corrected chi connectivity index (χ4v) is 2.75. The zero-order valence-electron chi connectivity index (χ0n) is 16.8. The summed E-state index contributed by atoms with van der Waals surface area (Å²) >= 11 is 0. The Hall–Kier alpha value is -3.12. The van der Waals surface area contributed by atoms with Gasteiger partial charge in [0, 0.05) is 16.9 Å². The Balaban J connectivity index is 2.19. The smallest absolute Gasteiger partial charge is 0.255 e. The van der Waals surface area contributed by atoms with E-state index in [4.69, 9.17) is 4.74 Å². The zero-order chi connectivity index (χ0) is 20.7. The van der Waals surface area contributed by atoms with Gasteiger partial charge in [-0.05, 0) is 68.9 Å². The fraction of sp³-hybridized carbons (Fsp3) is 0.273. The molecule has 148 valence electrons. The van der Waals surface area contributed by atoms with E-state index in [2.05, 4.69) is 17.2 Å². The number of amides is 2. The van der Waals surface area contributed by atoms with Crippen LogP contribution < -0.4 is 15.4 Å². The lowest BCUT2D eigenvalue weighted by molar-refractivity contribution is -0.116. The Morgan fingerprint density at radius 2 is 1.89 bits per heavy atom. The van der Waals surface area contributed by atoms with Crippen LogP contribution in [0.2, 0.25) is 0 Å². The average Bonchev–Trinajstić information content (AvgIpc) is 2.64. The van der Waals surface area contributed by atoms with Crippen molar-refractivity contribution in [2.45, 2.75) is 13.3 Å². The van der Waals surface area contributed by atoms with E-state index >= 15 is 0 Å². The molecular formula is C22H27N3O3. The fourth-order valence-electron chi connectivity index (χ4n) is 2.75. The Kier molecular flexibility index (Phi) is 7.35. The van der Waals surface area contributed by atoms with Crippen molar-refractivity contribution in [2.75, 3.05) is 38.4 Å². The summed E-state index contributed by atoms with van der Waals surface area (Å²) in [6.45, 7) is 5.93. The molecule has 2 amide bonds. The second kappa shape index (κ2) is 9.71. The summed E-state index contributed by atoms with van der Waals surface area (Å²) in [7, 11) is 5.26. The molecule has 0 atom stereocenters. The molecule has 2 aromatic carbocycles. The van der Waals surface area contributed by atoms with Crippen LogP contribution in [0, 0.1) is 6.92 Å². The SMILES string of the molecule is C=CCc1cc(C(=O)Nc2cc(NC(=O)CN(C)C)ccc2C)ccc1OC. The summed E-state index contributed by atoms with van der Waals surface area (Å²) in [6.07, 6.45) is 2.38. The van der Waals surface area contributed by atoms with Crippen molar-refractivity contribution in [2.24, 2.45) is 0 Å². The molecule has 0 unspecified atom stereocenters. The summed E-state index contributed by atoms with van der Waals surface area (Å²) in [5.74, 6) is 0.376. The van der Waals surface area contributed by atoms with Gasteiger partial charge in [0.15, 0.2) is 0 Å². The van der Waals surface area contributed by atoms with Crippen LogP contribution in [0.15, 0.2) is 49.1 Å². The maximum atomic E-state index is 12.7. The molecule has 6 heteroatoms. The van der Waals surface area contributed by atoms with Gasteiger partial charge in [-0.3, -0.25) is 9.59 Å². The summed E-state index contributed by atoms with van der Waals surface area (Å²) in [6, 6.07) is 10.7. The van der Waals surface area contributed by atoms with Crippen molar-refractivity contribution in [3.63, 3.8) is 0 Å². The molecule has 2 aromatic rings. The van der Waals surface area contributed by atoms with Crippen molar-refractivity contribution in [1.29, 1.82) is 0 Å². The number of benzene rings is 2. The van der Waals surface area contributed by atoms with Gasteiger partial charge in [-0.15, -0.1) is 6.58 Å². The zero-order valence-corrected chi connectivity index (χ0v) is 16.8. The first-order valence-corrected chi connectivity index (χ1v) is 8.98. The van der Waals surface area contributed by atoms with Crippen molar-refractivity contribution in [3.8, 4) is 5.75 Å². The highest BCUT2D eigenvalue weighted by molar-refractivity contribution is 6.05. The van der Waals surface area contributed by atoms with Gasteiger partial charge >= 0.3 is 0 Å². The molecule has 2 N–H and O–H groups in total. The number of likely N-dealkylation sites (N-methyl/N-ethyl adjacent to an activating group) is 1. The molecule has 0 aliphatic heterocycles. The molecule has 0 saturated carbocycles. The molecular weight excluding hydrogens is 354 g/mol. The monoisotopic (exact) mass is 381 g/mol. The van der Waals surface area contributed by atoms with Crippen LogP contribution in [0.4, 0.5) is 11.4 Å². The molecule has 6 nitrogen and oxygen atoms in total. The highest BCUT2D eigenvalue weighted by atomic mass is 16.5. The van der Waals surface area contributed by atoms with Gasteiger partial charge < -0.3 is 20.3 Å². The quantitative estimate of drug-likeness (QED) is 0.687. The number of nitrogens with zero attached hydrogens (tertiary/aromatic N) is 1. The van der Waals surface area contributed by atoms with Crippen molar-refractivity contribution in [1.82, 2.24) is 4.90 Å². The summed E-state index contributed by atoms with van der Waals surface area (Å²) in [5, 5.41) is 5.76. The lowest BCUT2D eigenvalue weighted by Crippen LogP contribution is -2.27. The van der Waals surface area contributed by atoms with Gasteiger partial charge in [-0.25, -0.2) is 0 Å². The number of anilines is 2. The minimum absolute atomic E-state index is 0.115. The number of carbonyl (C=O) groups is 2. The minimum Gasteiger partial charge on any atom is -0.496 e. The van der Waals surface area contributed by atoms with E-state index in [1.54, 1.807) is 42.4 Å². The highest BCUT2D eigenvalue weighted by Gasteiger charge is 2.12. The van der Waals surface area contributed by atoms with Crippen LogP contribution in [0.5, 0.6) is 5.75 Å². The standard InChI is InChI=1S/C22H27N3O3/c1-6-7-16-12-17(9-11-20(16)28-5)22(27)24-19-13-18(10-8-15(19)2)23-21(26)14-25(3)4/h6,8-13H,1,7,14H2,2-5H3,(H,23,26)(H,24,27). The maximum absolute atomic E-state index is 12.7. The summed E-state index contributed by atoms with van der Waals surface area (Å²) in [5.41, 5.74) is 3.60. The number of rotatable bonds is 8. The maximum Gasteiger partial charge on any atom is 0.255 e. The molecule has 28 heavy (non-hydrogen) atoms. The Morgan fingerprint density at radius 3 is 2.54 bits per heavy atom. The van der Waals surface area contributed by atoms with Crippen LogP contribution in [0.3, 0.4) is 0 Å². The van der Waals surface area contributed by atoms with Crippen molar-refractivity contribution < 1.29 is 14.3 Å². The minimum atomic E-state index is -0.229. The Labute approximate surface area is 166 Å². The van der Waals surface area contributed by atoms with Gasteiger partial charge in [0.2, 0.25) is 5.91 Å². The molecule has 0 aliphatic carbocycles. The predicted octanol–water partition coefficient (Wildman–Crippen LogP) is 3.48. The number of nitrogens with one attached hydrogen (secondary N) is 2. The van der Waals surface area contributed by atoms with Crippen molar-refractivity contribution in [3.05, 3.63) is 65.7 Å². The van der Waals surface area contributed by atoms with Gasteiger partial charge in [-0.1, -0.05) is 12.1 Å². The molecule has 0 heterocycles. The second-order valence-corrected chi connectivity index (χ2v) is 6.79. The Morgan fingerprint density at radius 1 is 1.14 bits per heavy atom. The molecule has 0 fully saturated rings. The second-order valence-electron chi connectivity index (χ2n) is 6.79. The molecule has 0 saturated heterocycles. The number of aryl methyl sites for hydroxylation is 1. The number of allylic oxidation sites excluding steroid dienone is 1. The molecule has 0 radical (unpaired) electrons. The topological polar surface area (TPSA) is 70.7 Å². The van der Waals surface area contributed by atoms with Crippen molar-refractivity contribution >= 4 is 23.2 Å². The third-order valence-corrected chi connectivity index (χ3v) is 4.14. The third kappa shape index (κ3) is 5.69. The number of ether oxygens (including phenoxy) is 1. The van der Waals surface area contributed by atoms with Crippen LogP contribution in [-0.2, 0) is 11.2 Å². The molecule has 2 rings (SSSR count). The highest BCUT2D eigenvalue weighted by Crippen LogP contribution is 2.24. The lowest BCUT2D eigenvalue weighted by Gasteiger charge is -2.14. The van der Waals surface area contributed by atoms with E-state index < -0.39 is 0 Å². The molecule has 0 bridgehead atoms. The summed E-state index contributed by atoms with van der Waals surface area (Å²) < 4.78 is 5.33. The predicted molar refractivity (Wildman–Crippen MR) is 113 cm³/mol. The van der Waals surface area contributed by atoms with E-state index in [-0.39, 0.29) is 18.4 Å². The van der Waals surface area contributed by atoms with Crippen LogP contribution in [0.1, 0.15) is 21.5 Å². The largest absolute Gasteiger partial charge is 0.496 e. The van der Waals surface area contributed by atoms with Gasteiger partial charge in [0.05, 0.1) is 13.7 Å². The number of hydrogen-bond donors (Lipinski definition) is 2. The first-order chi connectivity index (χ1) is 13.3.